The average molecular weight is 337 g/mol. The van der Waals surface area contributed by atoms with Crippen LogP contribution in [0.25, 0.3) is 0 Å². The van der Waals surface area contributed by atoms with Crippen LogP contribution >= 0.6 is 0 Å². The minimum absolute atomic E-state index is 0.212. The normalized spacial score (nSPS) is 20.0. The van der Waals surface area contributed by atoms with Crippen LogP contribution in [0, 0.1) is 11.8 Å². The minimum atomic E-state index is -0.212. The second-order valence-electron chi connectivity index (χ2n) is 7.83. The molecular formula is C21H41AlO. The molecule has 1 nitrogen and oxygen atoms in total. The van der Waals surface area contributed by atoms with Crippen molar-refractivity contribution < 1.29 is 5.11 Å². The van der Waals surface area contributed by atoms with Gasteiger partial charge in [-0.1, -0.05) is 76.0 Å². The van der Waals surface area contributed by atoms with Gasteiger partial charge in [0.05, 0.1) is 0 Å². The van der Waals surface area contributed by atoms with E-state index in [1.165, 1.54) is 100 Å². The number of hydrogen-bond acceptors (Lipinski definition) is 1. The molecule has 0 aliphatic heterocycles. The van der Waals surface area contributed by atoms with Gasteiger partial charge < -0.3 is 5.11 Å². The molecule has 0 atom stereocenters. The van der Waals surface area contributed by atoms with Crippen molar-refractivity contribution in [2.45, 2.75) is 120 Å². The Balaban J connectivity index is 0.000000257. The van der Waals surface area contributed by atoms with Crippen LogP contribution in [0.4, 0.5) is 0 Å². The third kappa shape index (κ3) is 10.2. The summed E-state index contributed by atoms with van der Waals surface area (Å²) in [5.74, 6) is 1.07. The van der Waals surface area contributed by atoms with Gasteiger partial charge >= 0.3 is 65.3 Å². The second kappa shape index (κ2) is 14.8. The fraction of sp³-hybridized carbons (Fsp3) is 1.00. The molecular weight excluding hydrogens is 295 g/mol. The van der Waals surface area contributed by atoms with Crippen LogP contribution in [-0.2, 0) is 0 Å². The summed E-state index contributed by atoms with van der Waals surface area (Å²) in [6.45, 7) is 4.55. The first kappa shape index (κ1) is 21.5. The van der Waals surface area contributed by atoms with E-state index in [0.29, 0.717) is 11.8 Å². The Morgan fingerprint density at radius 2 is 1.13 bits per heavy atom. The summed E-state index contributed by atoms with van der Waals surface area (Å²) < 4.78 is 0. The molecule has 2 heteroatoms. The molecule has 2 saturated carbocycles. The molecule has 0 aromatic heterocycles. The van der Waals surface area contributed by atoms with Crippen LogP contribution in [0.3, 0.4) is 0 Å². The van der Waals surface area contributed by atoms with Crippen LogP contribution in [0.15, 0.2) is 0 Å². The third-order valence-electron chi connectivity index (χ3n) is 5.75. The minimum Gasteiger partial charge on any atom is -0.852 e. The van der Waals surface area contributed by atoms with Gasteiger partial charge in [0.1, 0.15) is 0 Å². The zero-order valence-corrected chi connectivity index (χ0v) is 17.2. The number of hydrogen-bond donors (Lipinski definition) is 0. The molecule has 2 rings (SSSR count). The van der Waals surface area contributed by atoms with Crippen molar-refractivity contribution in [3.05, 3.63) is 0 Å². The van der Waals surface area contributed by atoms with Gasteiger partial charge in [-0.25, -0.2) is 0 Å². The van der Waals surface area contributed by atoms with E-state index < -0.39 is 0 Å². The third-order valence-corrected chi connectivity index (χ3v) is 7.39. The van der Waals surface area contributed by atoms with Gasteiger partial charge in [0.2, 0.25) is 0 Å². The quantitative estimate of drug-likeness (QED) is 0.393. The predicted molar refractivity (Wildman–Crippen MR) is 102 cm³/mol. The van der Waals surface area contributed by atoms with Crippen molar-refractivity contribution in [1.82, 2.24) is 0 Å². The van der Waals surface area contributed by atoms with E-state index in [1.54, 1.807) is 0 Å². The molecule has 0 saturated heterocycles. The molecule has 0 amide bonds. The first-order valence-corrected chi connectivity index (χ1v) is 12.4. The van der Waals surface area contributed by atoms with E-state index in [0.717, 1.165) is 15.2 Å². The predicted octanol–water partition coefficient (Wildman–Crippen LogP) is 6.00. The van der Waals surface area contributed by atoms with Gasteiger partial charge in [0.15, 0.2) is 0 Å². The smallest absolute Gasteiger partial charge is 0.0515 e. The van der Waals surface area contributed by atoms with Crippen molar-refractivity contribution >= 4 is 15.2 Å². The van der Waals surface area contributed by atoms with Crippen LogP contribution in [0.1, 0.15) is 104 Å². The summed E-state index contributed by atoms with van der Waals surface area (Å²) in [7, 11) is 0. The monoisotopic (exact) mass is 336 g/mol. The molecule has 0 aromatic rings. The number of unbranched alkanes of at least 4 members (excludes halogenated alkanes) is 2. The molecule has 0 aromatic carbocycles. The van der Waals surface area contributed by atoms with Crippen molar-refractivity contribution in [3.8, 4) is 0 Å². The van der Waals surface area contributed by atoms with E-state index >= 15 is 0 Å². The molecule has 134 valence electrons. The van der Waals surface area contributed by atoms with Crippen LogP contribution in [0.5, 0.6) is 0 Å². The van der Waals surface area contributed by atoms with Crippen LogP contribution in [0.2, 0.25) is 10.6 Å². The van der Waals surface area contributed by atoms with E-state index in [1.807, 2.05) is 0 Å². The zero-order chi connectivity index (χ0) is 16.8. The number of rotatable bonds is 8. The van der Waals surface area contributed by atoms with Crippen molar-refractivity contribution in [1.29, 1.82) is 0 Å². The fourth-order valence-corrected chi connectivity index (χ4v) is 5.83. The molecule has 2 aliphatic carbocycles. The van der Waals surface area contributed by atoms with Crippen LogP contribution < -0.4 is 5.11 Å². The Hall–Kier alpha value is 0.492. The Morgan fingerprint density at radius 1 is 0.739 bits per heavy atom. The molecule has 2 fully saturated rings. The fourth-order valence-electron chi connectivity index (χ4n) is 4.15. The van der Waals surface area contributed by atoms with Gasteiger partial charge in [-0.3, -0.25) is 0 Å². The van der Waals surface area contributed by atoms with E-state index in [2.05, 4.69) is 13.8 Å². The SMILES string of the molecule is CCC[CH2][Al+][CH2]CCC.[O-]C(C1CCCCC1)C1CCCCC1. The maximum Gasteiger partial charge on any atom is -0.0515 e. The maximum atomic E-state index is 12.2. The van der Waals surface area contributed by atoms with Gasteiger partial charge in [0, 0.05) is 0 Å². The molecule has 23 heavy (non-hydrogen) atoms. The molecule has 0 bridgehead atoms. The first-order chi connectivity index (χ1) is 11.3. The maximum absolute atomic E-state index is 12.2. The Bertz CT molecular complexity index is 220. The molecule has 0 unspecified atom stereocenters. The molecule has 2 aliphatic rings. The van der Waals surface area contributed by atoms with Gasteiger partial charge in [-0.05, 0) is 0 Å². The topological polar surface area (TPSA) is 23.1 Å². The molecule has 0 heterocycles. The van der Waals surface area contributed by atoms with Gasteiger partial charge in [-0.15, -0.1) is 6.10 Å². The Kier molecular flexibility index (Phi) is 13.9. The van der Waals surface area contributed by atoms with Crippen molar-refractivity contribution in [2.24, 2.45) is 11.8 Å². The van der Waals surface area contributed by atoms with E-state index in [-0.39, 0.29) is 6.10 Å². The van der Waals surface area contributed by atoms with E-state index in [4.69, 9.17) is 0 Å². The zero-order valence-electron chi connectivity index (χ0n) is 16.0. The van der Waals surface area contributed by atoms with E-state index in [9.17, 15) is 5.11 Å². The summed E-state index contributed by atoms with van der Waals surface area (Å²) in [5.41, 5.74) is 0. The van der Waals surface area contributed by atoms with Crippen LogP contribution in [-0.4, -0.2) is 21.3 Å². The van der Waals surface area contributed by atoms with Gasteiger partial charge in [0.25, 0.3) is 0 Å². The summed E-state index contributed by atoms with van der Waals surface area (Å²) in [6, 6.07) is 0. The molecule has 0 N–H and O–H groups in total. The average Bonchev–Trinajstić information content (AvgIpc) is 2.63. The molecule has 0 radical (unpaired) electrons. The Labute approximate surface area is 152 Å². The molecule has 0 spiro atoms. The van der Waals surface area contributed by atoms with Crippen molar-refractivity contribution in [2.75, 3.05) is 0 Å². The summed E-state index contributed by atoms with van der Waals surface area (Å²) >= 11 is 0.818. The van der Waals surface area contributed by atoms with Gasteiger partial charge in [-0.2, -0.15) is 0 Å². The standard InChI is InChI=1S/C13H23O.2C4H9.Al/c14-13(11-7-3-1-4-8-11)12-9-5-2-6-10-12;2*1-3-4-2;/h11-13H,1-10H2;2*1,3-4H2,2H3;/q-1;;;+1. The van der Waals surface area contributed by atoms with Crippen molar-refractivity contribution in [3.63, 3.8) is 0 Å². The largest absolute Gasteiger partial charge is 0.852 e. The second-order valence-corrected chi connectivity index (χ2v) is 9.57. The first-order valence-electron chi connectivity index (χ1n) is 10.8. The Morgan fingerprint density at radius 3 is 1.48 bits per heavy atom. The summed E-state index contributed by atoms with van der Waals surface area (Å²) in [4.78, 5) is 0. The summed E-state index contributed by atoms with van der Waals surface area (Å²) in [5, 5.41) is 15.3. The summed E-state index contributed by atoms with van der Waals surface area (Å²) in [6.07, 6.45) is 18.4.